The maximum Gasteiger partial charge on any atom is 0.160 e. The number of hydrogen-bond donors (Lipinski definition) is 1. The summed E-state index contributed by atoms with van der Waals surface area (Å²) in [5, 5.41) is 0. The first-order chi connectivity index (χ1) is 8.20. The van der Waals surface area contributed by atoms with Gasteiger partial charge in [0.05, 0.1) is 7.11 Å². The molecule has 2 rings (SSSR count). The highest BCUT2D eigenvalue weighted by Crippen LogP contribution is 2.23. The van der Waals surface area contributed by atoms with Crippen LogP contribution in [-0.2, 0) is 11.2 Å². The molecule has 90 valence electrons. The average molecular weight is 231 g/mol. The number of allylic oxidation sites excluding steroid dienone is 2. The lowest BCUT2D eigenvalue weighted by atomic mass is 10.0. The predicted octanol–water partition coefficient (Wildman–Crippen LogP) is 2.20. The van der Waals surface area contributed by atoms with Gasteiger partial charge >= 0.3 is 0 Å². The molecule has 0 heterocycles. The summed E-state index contributed by atoms with van der Waals surface area (Å²) in [5.41, 5.74) is 8.66. The van der Waals surface area contributed by atoms with Gasteiger partial charge in [-0.3, -0.25) is 4.79 Å². The van der Waals surface area contributed by atoms with E-state index in [2.05, 4.69) is 0 Å². The highest BCUT2D eigenvalue weighted by atomic mass is 16.5. The topological polar surface area (TPSA) is 52.3 Å². The molecule has 0 spiro atoms. The van der Waals surface area contributed by atoms with E-state index < -0.39 is 0 Å². The van der Waals surface area contributed by atoms with Gasteiger partial charge in [-0.1, -0.05) is 12.1 Å². The molecule has 0 aliphatic heterocycles. The molecule has 0 saturated heterocycles. The zero-order valence-corrected chi connectivity index (χ0v) is 10.0. The van der Waals surface area contributed by atoms with E-state index in [-0.39, 0.29) is 5.78 Å². The van der Waals surface area contributed by atoms with E-state index in [0.717, 1.165) is 35.4 Å². The van der Waals surface area contributed by atoms with Crippen molar-refractivity contribution in [2.45, 2.75) is 25.7 Å². The number of benzene rings is 1. The highest BCUT2D eigenvalue weighted by Gasteiger charge is 2.19. The zero-order valence-electron chi connectivity index (χ0n) is 10.0. The maximum absolute atomic E-state index is 11.5. The van der Waals surface area contributed by atoms with Crippen LogP contribution in [0.2, 0.25) is 0 Å². The Morgan fingerprint density at radius 2 is 2.00 bits per heavy atom. The van der Waals surface area contributed by atoms with Crippen LogP contribution in [0.5, 0.6) is 5.75 Å². The van der Waals surface area contributed by atoms with Crippen molar-refractivity contribution < 1.29 is 9.53 Å². The van der Waals surface area contributed by atoms with E-state index in [4.69, 9.17) is 10.5 Å². The van der Waals surface area contributed by atoms with Crippen LogP contribution in [0.15, 0.2) is 35.5 Å². The number of Topliss-reactive ketones (excluding diaryl/α,β-unsaturated/α-hetero) is 1. The number of carbonyl (C=O) groups excluding carboxylic acids is 1. The molecule has 17 heavy (non-hydrogen) atoms. The molecule has 1 aromatic rings. The third-order valence-corrected chi connectivity index (χ3v) is 3.11. The monoisotopic (exact) mass is 231 g/mol. The standard InChI is InChI=1S/C14H17NO2/c1-17-11-7-5-10(6-8-11)9-13(15)12-3-2-4-14(12)16/h5-8H,2-4,9,15H2,1H3/b13-12-. The Bertz CT molecular complexity index is 446. The van der Waals surface area contributed by atoms with Gasteiger partial charge in [0.15, 0.2) is 5.78 Å². The van der Waals surface area contributed by atoms with Gasteiger partial charge in [-0.2, -0.15) is 0 Å². The van der Waals surface area contributed by atoms with Crippen LogP contribution in [0.1, 0.15) is 24.8 Å². The molecule has 0 atom stereocenters. The van der Waals surface area contributed by atoms with E-state index in [0.29, 0.717) is 12.8 Å². The van der Waals surface area contributed by atoms with Gasteiger partial charge in [0, 0.05) is 24.1 Å². The molecule has 2 N–H and O–H groups in total. The Balaban J connectivity index is 2.12. The lowest BCUT2D eigenvalue weighted by Gasteiger charge is -2.06. The molecular weight excluding hydrogens is 214 g/mol. The van der Waals surface area contributed by atoms with Crippen molar-refractivity contribution in [3.8, 4) is 5.75 Å². The molecule has 0 radical (unpaired) electrons. The lowest BCUT2D eigenvalue weighted by Crippen LogP contribution is -2.08. The van der Waals surface area contributed by atoms with Crippen molar-refractivity contribution in [3.63, 3.8) is 0 Å². The second-order valence-electron chi connectivity index (χ2n) is 4.31. The smallest absolute Gasteiger partial charge is 0.160 e. The Kier molecular flexibility index (Phi) is 3.47. The van der Waals surface area contributed by atoms with Crippen molar-refractivity contribution in [1.29, 1.82) is 0 Å². The SMILES string of the molecule is COc1ccc(C/C(N)=C2\CCCC2=O)cc1. The molecular formula is C14H17NO2. The van der Waals surface area contributed by atoms with Crippen LogP contribution in [0.3, 0.4) is 0 Å². The van der Waals surface area contributed by atoms with Gasteiger partial charge in [0.25, 0.3) is 0 Å². The lowest BCUT2D eigenvalue weighted by molar-refractivity contribution is -0.114. The Labute approximate surface area is 101 Å². The number of methoxy groups -OCH3 is 1. The van der Waals surface area contributed by atoms with Crippen LogP contribution in [-0.4, -0.2) is 12.9 Å². The summed E-state index contributed by atoms with van der Waals surface area (Å²) >= 11 is 0. The molecule has 1 aliphatic carbocycles. The first-order valence-electron chi connectivity index (χ1n) is 5.84. The maximum atomic E-state index is 11.5. The number of ether oxygens (including phenoxy) is 1. The van der Waals surface area contributed by atoms with Crippen LogP contribution in [0.4, 0.5) is 0 Å². The van der Waals surface area contributed by atoms with Crippen molar-refractivity contribution in [2.75, 3.05) is 7.11 Å². The minimum atomic E-state index is 0.219. The Hall–Kier alpha value is -1.77. The summed E-state index contributed by atoms with van der Waals surface area (Å²) in [4.78, 5) is 11.5. The molecule has 1 aromatic carbocycles. The third-order valence-electron chi connectivity index (χ3n) is 3.11. The van der Waals surface area contributed by atoms with E-state index in [9.17, 15) is 4.79 Å². The third kappa shape index (κ3) is 2.67. The molecule has 0 aromatic heterocycles. The van der Waals surface area contributed by atoms with Crippen LogP contribution in [0.25, 0.3) is 0 Å². The molecule has 3 heteroatoms. The first kappa shape index (κ1) is 11.7. The molecule has 0 unspecified atom stereocenters. The fourth-order valence-corrected chi connectivity index (χ4v) is 2.13. The van der Waals surface area contributed by atoms with Gasteiger partial charge in [-0.05, 0) is 30.5 Å². The molecule has 0 bridgehead atoms. The summed E-state index contributed by atoms with van der Waals surface area (Å²) in [6, 6.07) is 7.77. The van der Waals surface area contributed by atoms with Gasteiger partial charge in [-0.25, -0.2) is 0 Å². The van der Waals surface area contributed by atoms with E-state index >= 15 is 0 Å². The zero-order chi connectivity index (χ0) is 12.3. The summed E-state index contributed by atoms with van der Waals surface area (Å²) < 4.78 is 5.09. The van der Waals surface area contributed by atoms with Crippen LogP contribution >= 0.6 is 0 Å². The second kappa shape index (κ2) is 5.04. The minimum absolute atomic E-state index is 0.219. The van der Waals surface area contributed by atoms with Crippen molar-refractivity contribution >= 4 is 5.78 Å². The van der Waals surface area contributed by atoms with Gasteiger partial charge in [-0.15, -0.1) is 0 Å². The Morgan fingerprint density at radius 1 is 1.29 bits per heavy atom. The average Bonchev–Trinajstić information content (AvgIpc) is 2.76. The van der Waals surface area contributed by atoms with E-state index in [1.165, 1.54) is 0 Å². The second-order valence-corrected chi connectivity index (χ2v) is 4.31. The number of ketones is 1. The Morgan fingerprint density at radius 3 is 2.53 bits per heavy atom. The quantitative estimate of drug-likeness (QED) is 0.811. The van der Waals surface area contributed by atoms with Gasteiger partial charge in [0.2, 0.25) is 0 Å². The normalized spacial score (nSPS) is 18.3. The number of hydrogen-bond acceptors (Lipinski definition) is 3. The van der Waals surface area contributed by atoms with Crippen LogP contribution in [0, 0.1) is 0 Å². The molecule has 3 nitrogen and oxygen atoms in total. The molecule has 1 saturated carbocycles. The summed E-state index contributed by atoms with van der Waals surface area (Å²) in [6.45, 7) is 0. The summed E-state index contributed by atoms with van der Waals surface area (Å²) in [5.74, 6) is 1.05. The molecule has 1 aliphatic rings. The van der Waals surface area contributed by atoms with Crippen LogP contribution < -0.4 is 10.5 Å². The van der Waals surface area contributed by atoms with E-state index in [1.54, 1.807) is 7.11 Å². The number of carbonyl (C=O) groups is 1. The molecule has 0 amide bonds. The first-order valence-corrected chi connectivity index (χ1v) is 5.84. The summed E-state index contributed by atoms with van der Waals surface area (Å²) in [7, 11) is 1.64. The highest BCUT2D eigenvalue weighted by molar-refractivity contribution is 5.98. The fourth-order valence-electron chi connectivity index (χ4n) is 2.13. The predicted molar refractivity (Wildman–Crippen MR) is 66.8 cm³/mol. The van der Waals surface area contributed by atoms with Crippen molar-refractivity contribution in [3.05, 3.63) is 41.1 Å². The minimum Gasteiger partial charge on any atom is -0.497 e. The largest absolute Gasteiger partial charge is 0.497 e. The van der Waals surface area contributed by atoms with E-state index in [1.807, 2.05) is 24.3 Å². The van der Waals surface area contributed by atoms with Crippen molar-refractivity contribution in [1.82, 2.24) is 0 Å². The molecule has 1 fully saturated rings. The van der Waals surface area contributed by atoms with Gasteiger partial charge < -0.3 is 10.5 Å². The van der Waals surface area contributed by atoms with Crippen molar-refractivity contribution in [2.24, 2.45) is 5.73 Å². The summed E-state index contributed by atoms with van der Waals surface area (Å²) in [6.07, 6.45) is 3.07. The van der Waals surface area contributed by atoms with Gasteiger partial charge in [0.1, 0.15) is 5.75 Å². The number of nitrogens with two attached hydrogens (primary N) is 1. The fraction of sp³-hybridized carbons (Fsp3) is 0.357. The number of rotatable bonds is 3.